The average Bonchev–Trinajstić information content (AvgIpc) is 2.91. The lowest BCUT2D eigenvalue weighted by atomic mass is 9.70. The maximum atomic E-state index is 13.1. The van der Waals surface area contributed by atoms with Crippen LogP contribution in [0, 0.1) is 16.7 Å². The lowest BCUT2D eigenvalue weighted by Crippen LogP contribution is -2.43. The van der Waals surface area contributed by atoms with Crippen molar-refractivity contribution in [2.24, 2.45) is 16.7 Å². The summed E-state index contributed by atoms with van der Waals surface area (Å²) < 4.78 is 32.1. The molecule has 2 bridgehead atoms. The van der Waals surface area contributed by atoms with Gasteiger partial charge in [0.1, 0.15) is 17.3 Å². The molecule has 28 heavy (non-hydrogen) atoms. The molecule has 0 spiro atoms. The molecule has 0 aromatic heterocycles. The van der Waals surface area contributed by atoms with Gasteiger partial charge in [0.15, 0.2) is 0 Å². The zero-order valence-corrected chi connectivity index (χ0v) is 18.8. The predicted octanol–water partition coefficient (Wildman–Crippen LogP) is 3.18. The molecule has 1 heterocycles. The van der Waals surface area contributed by atoms with E-state index in [1.165, 1.54) is 0 Å². The first-order valence-electron chi connectivity index (χ1n) is 10.2. The summed E-state index contributed by atoms with van der Waals surface area (Å²) in [6, 6.07) is 0. The number of hydrogen-bond acceptors (Lipinski definition) is 6. The standard InChI is InChI=1S/C20H32O6S2/c1-4-5-17(22)13-27(10-7-16(21)8-11-27)26-28(24,25)14-20-9-6-15(12-18(20)23)19(20,2)3/h15H,4-14H2,1-3H3. The van der Waals surface area contributed by atoms with Gasteiger partial charge in [0.2, 0.25) is 0 Å². The van der Waals surface area contributed by atoms with Gasteiger partial charge in [-0.1, -0.05) is 20.8 Å². The van der Waals surface area contributed by atoms with Gasteiger partial charge < -0.3 is 0 Å². The number of hydrogen-bond donors (Lipinski definition) is 0. The Kier molecular flexibility index (Phi) is 5.89. The number of fused-ring (bicyclic) bond motifs is 2. The highest BCUT2D eigenvalue weighted by atomic mass is 32.3. The lowest BCUT2D eigenvalue weighted by Gasteiger charge is -2.42. The topological polar surface area (TPSA) is 94.6 Å². The Hall–Kier alpha value is -0.730. The highest BCUT2D eigenvalue weighted by Crippen LogP contribution is 2.65. The molecule has 6 nitrogen and oxygen atoms in total. The predicted molar refractivity (Wildman–Crippen MR) is 110 cm³/mol. The molecule has 3 rings (SSSR count). The van der Waals surface area contributed by atoms with Crippen LogP contribution in [0.4, 0.5) is 0 Å². The molecule has 1 aliphatic heterocycles. The summed E-state index contributed by atoms with van der Waals surface area (Å²) in [5.41, 5.74) is -1.24. The van der Waals surface area contributed by atoms with Gasteiger partial charge >= 0.3 is 0 Å². The van der Waals surface area contributed by atoms with Crippen LogP contribution in [0.25, 0.3) is 0 Å². The Morgan fingerprint density at radius 1 is 1.21 bits per heavy atom. The highest BCUT2D eigenvalue weighted by Gasteiger charge is 2.65. The largest absolute Gasteiger partial charge is 0.300 e. The van der Waals surface area contributed by atoms with Crippen LogP contribution in [0.15, 0.2) is 0 Å². The summed E-state index contributed by atoms with van der Waals surface area (Å²) in [4.78, 5) is 36.7. The zero-order valence-electron chi connectivity index (χ0n) is 17.1. The van der Waals surface area contributed by atoms with E-state index in [4.69, 9.17) is 3.63 Å². The first-order chi connectivity index (χ1) is 13.0. The van der Waals surface area contributed by atoms with Crippen LogP contribution >= 0.6 is 10.3 Å². The molecule has 3 aliphatic rings. The second-order valence-electron chi connectivity index (χ2n) is 9.28. The number of Topliss-reactive ketones (excluding diaryl/α,β-unsaturated/α-hetero) is 3. The van der Waals surface area contributed by atoms with Crippen LogP contribution in [0.3, 0.4) is 0 Å². The van der Waals surface area contributed by atoms with Crippen LogP contribution in [0.2, 0.25) is 0 Å². The molecule has 0 N–H and O–H groups in total. The number of carbonyl (C=O) groups excluding carboxylic acids is 3. The van der Waals surface area contributed by atoms with E-state index < -0.39 is 25.8 Å². The third kappa shape index (κ3) is 3.84. The maximum absolute atomic E-state index is 13.1. The molecule has 2 saturated carbocycles. The summed E-state index contributed by atoms with van der Waals surface area (Å²) in [6.45, 7) is 5.90. The van der Waals surface area contributed by atoms with Crippen molar-refractivity contribution in [3.05, 3.63) is 0 Å². The molecule has 0 amide bonds. The van der Waals surface area contributed by atoms with Gasteiger partial charge in [-0.15, -0.1) is 10.3 Å². The third-order valence-electron chi connectivity index (χ3n) is 7.27. The van der Waals surface area contributed by atoms with Gasteiger partial charge in [0, 0.05) is 37.2 Å². The number of carbonyl (C=O) groups is 3. The van der Waals surface area contributed by atoms with Gasteiger partial charge in [-0.3, -0.25) is 14.4 Å². The van der Waals surface area contributed by atoms with E-state index >= 15 is 0 Å². The first kappa shape index (κ1) is 22.0. The fourth-order valence-corrected chi connectivity index (χ4v) is 11.8. The monoisotopic (exact) mass is 432 g/mol. The molecule has 2 atom stereocenters. The van der Waals surface area contributed by atoms with Gasteiger partial charge in [-0.2, -0.15) is 8.42 Å². The van der Waals surface area contributed by atoms with E-state index in [1.807, 2.05) is 20.8 Å². The summed E-state index contributed by atoms with van der Waals surface area (Å²) >= 11 is 0. The second kappa shape index (κ2) is 7.51. The molecular weight excluding hydrogens is 400 g/mol. The van der Waals surface area contributed by atoms with E-state index in [0.717, 1.165) is 6.42 Å². The van der Waals surface area contributed by atoms with Gasteiger partial charge in [0.05, 0.1) is 16.9 Å². The summed E-state index contributed by atoms with van der Waals surface area (Å²) in [5, 5.41) is 0. The first-order valence-corrected chi connectivity index (χ1v) is 13.9. The van der Waals surface area contributed by atoms with Crippen LogP contribution < -0.4 is 0 Å². The average molecular weight is 433 g/mol. The van der Waals surface area contributed by atoms with Crippen LogP contribution in [0.5, 0.6) is 0 Å². The second-order valence-corrected chi connectivity index (χ2v) is 14.3. The van der Waals surface area contributed by atoms with E-state index in [1.54, 1.807) is 0 Å². The number of ketones is 3. The summed E-state index contributed by atoms with van der Waals surface area (Å²) in [5.74, 6) is 0.810. The van der Waals surface area contributed by atoms with Crippen molar-refractivity contribution in [2.45, 2.75) is 65.7 Å². The molecule has 160 valence electrons. The van der Waals surface area contributed by atoms with Crippen molar-refractivity contribution >= 4 is 37.8 Å². The Morgan fingerprint density at radius 2 is 1.86 bits per heavy atom. The highest BCUT2D eigenvalue weighted by molar-refractivity contribution is 8.33. The molecule has 1 saturated heterocycles. The van der Waals surface area contributed by atoms with Crippen molar-refractivity contribution in [1.29, 1.82) is 0 Å². The fraction of sp³-hybridized carbons (Fsp3) is 0.850. The molecule has 0 aromatic rings. The summed E-state index contributed by atoms with van der Waals surface area (Å²) in [7, 11) is -6.19. The Labute approximate surface area is 169 Å². The molecule has 0 radical (unpaired) electrons. The number of rotatable bonds is 8. The normalized spacial score (nSPS) is 32.5. The summed E-state index contributed by atoms with van der Waals surface area (Å²) in [6.07, 6.45) is 3.53. The Morgan fingerprint density at radius 3 is 2.36 bits per heavy atom. The SMILES string of the molecule is CCCC(=O)CS1(OS(=O)(=O)CC23CCC(CC2=O)C3(C)C)CCC(=O)CC1. The fourth-order valence-electron chi connectivity index (χ4n) is 5.36. The van der Waals surface area contributed by atoms with Crippen molar-refractivity contribution in [1.82, 2.24) is 0 Å². The van der Waals surface area contributed by atoms with Gasteiger partial charge in [-0.05, 0) is 30.6 Å². The van der Waals surface area contributed by atoms with E-state index in [9.17, 15) is 22.8 Å². The van der Waals surface area contributed by atoms with E-state index in [2.05, 4.69) is 0 Å². The van der Waals surface area contributed by atoms with E-state index in [0.29, 0.717) is 37.2 Å². The molecule has 2 unspecified atom stereocenters. The van der Waals surface area contributed by atoms with Crippen molar-refractivity contribution in [3.63, 3.8) is 0 Å². The minimum Gasteiger partial charge on any atom is -0.300 e. The smallest absolute Gasteiger partial charge is 0.277 e. The van der Waals surface area contributed by atoms with Crippen LogP contribution in [0.1, 0.15) is 65.7 Å². The molecule has 2 aliphatic carbocycles. The van der Waals surface area contributed by atoms with Gasteiger partial charge in [0.25, 0.3) is 10.1 Å². The molecule has 0 aromatic carbocycles. The Balaban J connectivity index is 1.82. The molecular formula is C20H32O6S2. The minimum absolute atomic E-state index is 0.00147. The van der Waals surface area contributed by atoms with E-state index in [-0.39, 0.29) is 53.0 Å². The van der Waals surface area contributed by atoms with Crippen LogP contribution in [-0.4, -0.2) is 48.8 Å². The van der Waals surface area contributed by atoms with Gasteiger partial charge in [-0.25, -0.2) is 3.63 Å². The molecule has 3 fully saturated rings. The minimum atomic E-state index is -4.00. The molecule has 8 heteroatoms. The van der Waals surface area contributed by atoms with Crippen molar-refractivity contribution < 1.29 is 26.4 Å². The van der Waals surface area contributed by atoms with Crippen LogP contribution in [-0.2, 0) is 28.1 Å². The van der Waals surface area contributed by atoms with Crippen molar-refractivity contribution in [3.8, 4) is 0 Å². The maximum Gasteiger partial charge on any atom is 0.277 e. The third-order valence-corrected chi connectivity index (χ3v) is 12.8. The lowest BCUT2D eigenvalue weighted by molar-refractivity contribution is -0.128. The Bertz CT molecular complexity index is 775. The quantitative estimate of drug-likeness (QED) is 0.585. The van der Waals surface area contributed by atoms with Crippen molar-refractivity contribution in [2.75, 3.05) is 23.0 Å². The zero-order chi connectivity index (χ0) is 20.8.